The van der Waals surface area contributed by atoms with Gasteiger partial charge in [-0.2, -0.15) is 0 Å². The molecule has 6 nitrogen and oxygen atoms in total. The van der Waals surface area contributed by atoms with E-state index in [0.717, 1.165) is 32.2 Å². The maximum atomic E-state index is 12.2. The van der Waals surface area contributed by atoms with E-state index >= 15 is 0 Å². The van der Waals surface area contributed by atoms with Crippen LogP contribution in [0.5, 0.6) is 11.5 Å². The zero-order chi connectivity index (χ0) is 19.3. The number of hydrogen-bond donors (Lipinski definition) is 2. The molecular formula is C20H20N4O2S2. The van der Waals surface area contributed by atoms with Gasteiger partial charge in [0.05, 0.1) is 5.75 Å². The van der Waals surface area contributed by atoms with Crippen LogP contribution in [-0.2, 0) is 4.79 Å². The molecule has 1 saturated carbocycles. The third-order valence-electron chi connectivity index (χ3n) is 4.00. The van der Waals surface area contributed by atoms with Crippen molar-refractivity contribution in [2.75, 3.05) is 16.4 Å². The smallest absolute Gasteiger partial charge is 0.234 e. The van der Waals surface area contributed by atoms with Crippen molar-refractivity contribution < 1.29 is 9.53 Å². The van der Waals surface area contributed by atoms with Crippen LogP contribution in [0, 0.1) is 6.92 Å². The normalized spacial score (nSPS) is 13.2. The van der Waals surface area contributed by atoms with Gasteiger partial charge >= 0.3 is 0 Å². The van der Waals surface area contributed by atoms with E-state index in [2.05, 4.69) is 20.8 Å². The molecule has 1 aliphatic carbocycles. The lowest BCUT2D eigenvalue weighted by molar-refractivity contribution is -0.113. The highest BCUT2D eigenvalue weighted by atomic mass is 32.2. The van der Waals surface area contributed by atoms with Crippen LogP contribution < -0.4 is 15.4 Å². The van der Waals surface area contributed by atoms with Gasteiger partial charge in [-0.05, 0) is 61.7 Å². The number of nitrogens with zero attached hydrogens (tertiary/aromatic N) is 2. The number of carbonyl (C=O) groups excluding carboxylic acids is 1. The maximum Gasteiger partial charge on any atom is 0.234 e. The summed E-state index contributed by atoms with van der Waals surface area (Å²) in [5.74, 6) is 1.73. The molecular weight excluding hydrogens is 392 g/mol. The quantitative estimate of drug-likeness (QED) is 0.510. The number of benzene rings is 2. The molecule has 0 saturated heterocycles. The molecule has 1 aliphatic rings. The van der Waals surface area contributed by atoms with Crippen LogP contribution in [-0.4, -0.2) is 27.9 Å². The molecule has 0 atom stereocenters. The SMILES string of the molecule is Cc1cccc(Oc2ccc(NC(=O)CSc3nnc(NC4CC4)s3)cc2)c1. The minimum absolute atomic E-state index is 0.0794. The van der Waals surface area contributed by atoms with Crippen LogP contribution in [0.2, 0.25) is 0 Å². The highest BCUT2D eigenvalue weighted by molar-refractivity contribution is 8.01. The van der Waals surface area contributed by atoms with Gasteiger partial charge in [0.2, 0.25) is 11.0 Å². The zero-order valence-electron chi connectivity index (χ0n) is 15.3. The summed E-state index contributed by atoms with van der Waals surface area (Å²) in [5.41, 5.74) is 1.88. The summed E-state index contributed by atoms with van der Waals surface area (Å²) in [6.45, 7) is 2.02. The number of carbonyl (C=O) groups is 1. The van der Waals surface area contributed by atoms with E-state index in [1.165, 1.54) is 35.9 Å². The number of anilines is 2. The summed E-state index contributed by atoms with van der Waals surface area (Å²) < 4.78 is 6.61. The highest BCUT2D eigenvalue weighted by Crippen LogP contribution is 2.30. The molecule has 1 aromatic heterocycles. The van der Waals surface area contributed by atoms with Gasteiger partial charge in [0.15, 0.2) is 4.34 Å². The first-order valence-electron chi connectivity index (χ1n) is 9.01. The molecule has 1 amide bonds. The van der Waals surface area contributed by atoms with Crippen LogP contribution >= 0.6 is 23.1 Å². The van der Waals surface area contributed by atoms with Crippen LogP contribution in [0.1, 0.15) is 18.4 Å². The zero-order valence-corrected chi connectivity index (χ0v) is 17.0. The summed E-state index contributed by atoms with van der Waals surface area (Å²) >= 11 is 2.88. The molecule has 0 spiro atoms. The standard InChI is InChI=1S/C20H20N4O2S2/c1-13-3-2-4-17(11-13)26-16-9-7-14(8-10-16)21-18(25)12-27-20-24-23-19(28-20)22-15-5-6-15/h2-4,7-11,15H,5-6,12H2,1H3,(H,21,25)(H,22,23). The van der Waals surface area contributed by atoms with Crippen molar-refractivity contribution in [3.05, 3.63) is 54.1 Å². The molecule has 0 aliphatic heterocycles. The van der Waals surface area contributed by atoms with E-state index in [1.807, 2.05) is 55.5 Å². The van der Waals surface area contributed by atoms with Gasteiger partial charge < -0.3 is 15.4 Å². The summed E-state index contributed by atoms with van der Waals surface area (Å²) in [7, 11) is 0. The lowest BCUT2D eigenvalue weighted by atomic mass is 10.2. The molecule has 0 bridgehead atoms. The molecule has 8 heteroatoms. The van der Waals surface area contributed by atoms with Crippen molar-refractivity contribution in [2.24, 2.45) is 0 Å². The predicted octanol–water partition coefficient (Wildman–Crippen LogP) is 4.94. The molecule has 2 N–H and O–H groups in total. The Bertz CT molecular complexity index is 955. The number of nitrogens with one attached hydrogen (secondary N) is 2. The molecule has 1 heterocycles. The number of amides is 1. The number of aryl methyl sites for hydroxylation is 1. The Hall–Kier alpha value is -2.58. The fraction of sp³-hybridized carbons (Fsp3) is 0.250. The Labute approximate surface area is 171 Å². The Balaban J connectivity index is 1.25. The van der Waals surface area contributed by atoms with Gasteiger partial charge in [-0.15, -0.1) is 10.2 Å². The number of aromatic nitrogens is 2. The second-order valence-corrected chi connectivity index (χ2v) is 8.77. The topological polar surface area (TPSA) is 76.1 Å². The molecule has 4 rings (SSSR count). The molecule has 28 heavy (non-hydrogen) atoms. The molecule has 144 valence electrons. The second kappa shape index (κ2) is 8.62. The Morgan fingerprint density at radius 2 is 2.00 bits per heavy atom. The first-order valence-corrected chi connectivity index (χ1v) is 10.8. The van der Waals surface area contributed by atoms with E-state index in [0.29, 0.717) is 11.8 Å². The van der Waals surface area contributed by atoms with Crippen LogP contribution in [0.4, 0.5) is 10.8 Å². The van der Waals surface area contributed by atoms with E-state index in [4.69, 9.17) is 4.74 Å². The molecule has 0 unspecified atom stereocenters. The number of thioether (sulfide) groups is 1. The monoisotopic (exact) mass is 412 g/mol. The predicted molar refractivity (Wildman–Crippen MR) is 114 cm³/mol. The summed E-state index contributed by atoms with van der Waals surface area (Å²) in [4.78, 5) is 12.2. The van der Waals surface area contributed by atoms with Crippen molar-refractivity contribution in [1.29, 1.82) is 0 Å². The van der Waals surface area contributed by atoms with E-state index in [9.17, 15) is 4.79 Å². The average molecular weight is 413 g/mol. The molecule has 3 aromatic rings. The summed E-state index contributed by atoms with van der Waals surface area (Å²) in [6, 6.07) is 15.8. The fourth-order valence-corrected chi connectivity index (χ4v) is 4.10. The van der Waals surface area contributed by atoms with Gasteiger partial charge in [-0.3, -0.25) is 4.79 Å². The van der Waals surface area contributed by atoms with Crippen molar-refractivity contribution in [2.45, 2.75) is 30.1 Å². The lowest BCUT2D eigenvalue weighted by Gasteiger charge is -2.08. The molecule has 0 radical (unpaired) electrons. The summed E-state index contributed by atoms with van der Waals surface area (Å²) in [6.07, 6.45) is 2.39. The minimum atomic E-state index is -0.0794. The van der Waals surface area contributed by atoms with Gasteiger partial charge in [0.1, 0.15) is 11.5 Å². The van der Waals surface area contributed by atoms with Crippen molar-refractivity contribution in [3.8, 4) is 11.5 Å². The number of hydrogen-bond acceptors (Lipinski definition) is 7. The van der Waals surface area contributed by atoms with Gasteiger partial charge in [0.25, 0.3) is 0 Å². The Morgan fingerprint density at radius 1 is 1.18 bits per heavy atom. The second-order valence-electron chi connectivity index (χ2n) is 6.57. The third-order valence-corrected chi connectivity index (χ3v) is 5.99. The number of ether oxygens (including phenoxy) is 1. The summed E-state index contributed by atoms with van der Waals surface area (Å²) in [5, 5.41) is 15.2. The number of rotatable bonds is 8. The van der Waals surface area contributed by atoms with Crippen molar-refractivity contribution in [3.63, 3.8) is 0 Å². The minimum Gasteiger partial charge on any atom is -0.457 e. The fourth-order valence-electron chi connectivity index (χ4n) is 2.47. The maximum absolute atomic E-state index is 12.2. The van der Waals surface area contributed by atoms with Crippen molar-refractivity contribution >= 4 is 39.8 Å². The van der Waals surface area contributed by atoms with Gasteiger partial charge in [-0.25, -0.2) is 0 Å². The largest absolute Gasteiger partial charge is 0.457 e. The average Bonchev–Trinajstić information content (AvgIpc) is 3.38. The lowest BCUT2D eigenvalue weighted by Crippen LogP contribution is -2.13. The molecule has 1 fully saturated rings. The third kappa shape index (κ3) is 5.46. The highest BCUT2D eigenvalue weighted by Gasteiger charge is 2.22. The Kier molecular flexibility index (Phi) is 5.78. The first-order chi connectivity index (χ1) is 13.6. The van der Waals surface area contributed by atoms with Crippen molar-refractivity contribution in [1.82, 2.24) is 10.2 Å². The first kappa shape index (κ1) is 18.8. The molecule has 2 aromatic carbocycles. The van der Waals surface area contributed by atoms with E-state index in [-0.39, 0.29) is 5.91 Å². The van der Waals surface area contributed by atoms with E-state index in [1.54, 1.807) is 0 Å². The Morgan fingerprint density at radius 3 is 2.75 bits per heavy atom. The van der Waals surface area contributed by atoms with Gasteiger partial charge in [-0.1, -0.05) is 35.2 Å². The van der Waals surface area contributed by atoms with Crippen LogP contribution in [0.25, 0.3) is 0 Å². The van der Waals surface area contributed by atoms with Gasteiger partial charge in [0, 0.05) is 11.7 Å². The van der Waals surface area contributed by atoms with E-state index < -0.39 is 0 Å². The van der Waals surface area contributed by atoms with Crippen LogP contribution in [0.3, 0.4) is 0 Å². The van der Waals surface area contributed by atoms with Crippen LogP contribution in [0.15, 0.2) is 52.9 Å².